The first-order chi connectivity index (χ1) is 29.1. The summed E-state index contributed by atoms with van der Waals surface area (Å²) < 4.78 is 0.161. The van der Waals surface area contributed by atoms with Gasteiger partial charge in [0.1, 0.15) is 0 Å². The third-order valence-electron chi connectivity index (χ3n) is 16.7. The molecule has 0 nitrogen and oxygen atoms in total. The van der Waals surface area contributed by atoms with E-state index in [0.717, 1.165) is 12.8 Å². The Kier molecular flexibility index (Phi) is 10.7. The Morgan fingerprint density at radius 1 is 0.500 bits per heavy atom. The van der Waals surface area contributed by atoms with Crippen LogP contribution >= 0.6 is 17.0 Å². The Morgan fingerprint density at radius 3 is 1.27 bits per heavy atom. The summed E-state index contributed by atoms with van der Waals surface area (Å²) in [5, 5.41) is 5.19. The summed E-state index contributed by atoms with van der Waals surface area (Å²) in [5.74, 6) is -1.78. The molecule has 307 valence electrons. The predicted molar refractivity (Wildman–Crippen MR) is 262 cm³/mol. The van der Waals surface area contributed by atoms with Crippen LogP contribution < -0.4 is 0 Å². The van der Waals surface area contributed by atoms with Gasteiger partial charge in [-0.1, -0.05) is 0 Å². The second-order valence-corrected chi connectivity index (χ2v) is 62.3. The molecule has 60 heavy (non-hydrogen) atoms. The van der Waals surface area contributed by atoms with Gasteiger partial charge in [0.05, 0.1) is 0 Å². The van der Waals surface area contributed by atoms with Crippen LogP contribution in [0, 0.1) is 10.8 Å². The molecule has 0 aromatic heterocycles. The molecule has 4 aliphatic carbocycles. The molecule has 0 heterocycles. The van der Waals surface area contributed by atoms with Crippen LogP contribution in [0.3, 0.4) is 0 Å². The van der Waals surface area contributed by atoms with Gasteiger partial charge in [0, 0.05) is 0 Å². The molecule has 0 N–H and O–H groups in total. The number of hydrogen-bond donors (Lipinski definition) is 0. The number of rotatable bonds is 11. The third kappa shape index (κ3) is 6.51. The molecule has 0 radical (unpaired) electrons. The zero-order valence-corrected chi connectivity index (χ0v) is 41.3. The van der Waals surface area contributed by atoms with Crippen LogP contribution in [0.5, 0.6) is 0 Å². The van der Waals surface area contributed by atoms with Gasteiger partial charge in [-0.3, -0.25) is 0 Å². The molecule has 6 aromatic rings. The summed E-state index contributed by atoms with van der Waals surface area (Å²) in [6, 6.07) is 45.8. The molecular formula is C56H61Cl2SiZr. The molecule has 2 saturated carbocycles. The first-order valence-corrected chi connectivity index (χ1v) is 39.6. The average molecular weight is 924 g/mol. The fourth-order valence-electron chi connectivity index (χ4n) is 13.2. The number of halogens is 2. The molecule has 4 aliphatic rings. The van der Waals surface area contributed by atoms with E-state index < -0.39 is 21.5 Å². The van der Waals surface area contributed by atoms with Gasteiger partial charge in [-0.15, -0.1) is 0 Å². The van der Waals surface area contributed by atoms with Crippen molar-refractivity contribution in [2.45, 2.75) is 111 Å². The van der Waals surface area contributed by atoms with Crippen LogP contribution in [-0.2, 0) is 15.6 Å². The topological polar surface area (TPSA) is 0 Å². The number of hydrogen-bond acceptors (Lipinski definition) is 0. The molecule has 2 atom stereocenters. The summed E-state index contributed by atoms with van der Waals surface area (Å²) in [4.78, 5) is 0. The standard InChI is InChI=1S/2C27H27.C2H7Si.2ClH.Zr/c2*1-2-27(15-5-6-16-27)19-20-17-22-11-8-14-25(26(22)18-20)24-13-7-10-21-9-3-4-12-23(21)24;1-3-2;;;/h2*3-4,7-14,17-18H,2,5-6,15-16,19H2,1H3;3H,1-2H3;2*1H;/q;;;;;+2/p-2. The zero-order chi connectivity index (χ0) is 41.3. The average Bonchev–Trinajstić information content (AvgIpc) is 4.09. The Bertz CT molecular complexity index is 2500. The van der Waals surface area contributed by atoms with Crippen molar-refractivity contribution in [3.63, 3.8) is 0 Å². The molecule has 2 unspecified atom stereocenters. The van der Waals surface area contributed by atoms with Gasteiger partial charge in [-0.05, 0) is 0 Å². The van der Waals surface area contributed by atoms with E-state index in [1.54, 1.807) is 11.1 Å². The van der Waals surface area contributed by atoms with Crippen molar-refractivity contribution >= 4 is 56.6 Å². The van der Waals surface area contributed by atoms with E-state index in [1.807, 2.05) is 0 Å². The molecule has 0 aliphatic heterocycles. The Labute approximate surface area is 368 Å². The first kappa shape index (κ1) is 41.0. The van der Waals surface area contributed by atoms with Crippen molar-refractivity contribution in [3.05, 3.63) is 155 Å². The molecule has 0 bridgehead atoms. The molecule has 0 saturated heterocycles. The fraction of sp³-hybridized carbons (Fsp3) is 0.357. The molecule has 0 spiro atoms. The Hall–Kier alpha value is -3.00. The van der Waals surface area contributed by atoms with Crippen molar-refractivity contribution in [1.29, 1.82) is 0 Å². The number of fused-ring (bicyclic) bond motifs is 4. The molecule has 6 aromatic carbocycles. The Balaban J connectivity index is 1.22. The van der Waals surface area contributed by atoms with Crippen LogP contribution in [0.25, 0.3) is 56.0 Å². The van der Waals surface area contributed by atoms with E-state index in [2.05, 4.69) is 160 Å². The summed E-state index contributed by atoms with van der Waals surface area (Å²) >= 11 is -5.14. The van der Waals surface area contributed by atoms with E-state index in [-0.39, 0.29) is 7.25 Å². The molecule has 2 fully saturated rings. The van der Waals surface area contributed by atoms with Gasteiger partial charge in [0.2, 0.25) is 0 Å². The minimum atomic E-state index is -5.14. The molecular weight excluding hydrogens is 863 g/mol. The van der Waals surface area contributed by atoms with Gasteiger partial charge in [0.15, 0.2) is 0 Å². The van der Waals surface area contributed by atoms with E-state index in [0.29, 0.717) is 10.8 Å². The van der Waals surface area contributed by atoms with Crippen molar-refractivity contribution in [2.75, 3.05) is 0 Å². The van der Waals surface area contributed by atoms with Gasteiger partial charge in [-0.25, -0.2) is 0 Å². The molecule has 4 heteroatoms. The zero-order valence-electron chi connectivity index (χ0n) is 36.2. The SMILES string of the molecule is CCC1(CC2=Cc3c(-c4cccc5ccccc45)cccc3[CH]2[Zr]([Cl])([Cl])([CH]2C(CC3(CC)CCCC3)=Cc3c(-c4cccc5ccccc45)cccc32)[SiH](C)C)CCCC1. The Morgan fingerprint density at radius 2 is 0.867 bits per heavy atom. The summed E-state index contributed by atoms with van der Waals surface area (Å²) in [5.41, 5.74) is 14.6. The summed E-state index contributed by atoms with van der Waals surface area (Å²) in [6.07, 6.45) is 20.5. The molecule has 10 rings (SSSR count). The van der Waals surface area contributed by atoms with E-state index in [1.165, 1.54) is 130 Å². The van der Waals surface area contributed by atoms with E-state index >= 15 is 0 Å². The van der Waals surface area contributed by atoms with E-state index in [4.69, 9.17) is 0 Å². The van der Waals surface area contributed by atoms with Crippen molar-refractivity contribution in [3.8, 4) is 22.3 Å². The van der Waals surface area contributed by atoms with Crippen molar-refractivity contribution in [1.82, 2.24) is 0 Å². The maximum atomic E-state index is 9.28. The van der Waals surface area contributed by atoms with Gasteiger partial charge >= 0.3 is 371 Å². The van der Waals surface area contributed by atoms with Crippen LogP contribution in [0.15, 0.2) is 132 Å². The van der Waals surface area contributed by atoms with Crippen LogP contribution in [0.2, 0.25) is 13.1 Å². The maximum absolute atomic E-state index is 9.28. The van der Waals surface area contributed by atoms with Crippen molar-refractivity contribution in [2.24, 2.45) is 10.8 Å². The fourth-order valence-corrected chi connectivity index (χ4v) is 44.5. The second-order valence-electron chi connectivity index (χ2n) is 19.8. The second kappa shape index (κ2) is 15.7. The van der Waals surface area contributed by atoms with Crippen molar-refractivity contribution < 1.29 is 15.6 Å². The van der Waals surface area contributed by atoms with E-state index in [9.17, 15) is 17.0 Å². The van der Waals surface area contributed by atoms with Gasteiger partial charge in [0.25, 0.3) is 0 Å². The minimum absolute atomic E-state index is 0.0807. The first-order valence-electron chi connectivity index (χ1n) is 23.3. The number of allylic oxidation sites excluding steroid dienone is 2. The van der Waals surface area contributed by atoms with Crippen LogP contribution in [0.4, 0.5) is 0 Å². The number of benzene rings is 6. The van der Waals surface area contributed by atoms with Crippen LogP contribution in [-0.4, -0.2) is 5.92 Å². The third-order valence-corrected chi connectivity index (χ3v) is 68.5. The van der Waals surface area contributed by atoms with Gasteiger partial charge in [-0.2, -0.15) is 0 Å². The normalized spacial score (nSPS) is 21.2. The monoisotopic (exact) mass is 921 g/mol. The summed E-state index contributed by atoms with van der Waals surface area (Å²) in [6.45, 7) is 10.00. The molecule has 0 amide bonds. The summed E-state index contributed by atoms with van der Waals surface area (Å²) in [7, 11) is 18.6. The quantitative estimate of drug-likeness (QED) is 0.114. The van der Waals surface area contributed by atoms with Crippen LogP contribution in [0.1, 0.15) is 120 Å². The predicted octanol–water partition coefficient (Wildman–Crippen LogP) is 17.6. The van der Waals surface area contributed by atoms with Gasteiger partial charge < -0.3 is 0 Å².